The van der Waals surface area contributed by atoms with Crippen LogP contribution in [0, 0.1) is 41.4 Å². The van der Waals surface area contributed by atoms with E-state index in [0.29, 0.717) is 67.7 Å². The molecule has 0 radical (unpaired) electrons. The molecular weight excluding hydrogens is 793 g/mol. The molecule has 10 nitrogen and oxygen atoms in total. The summed E-state index contributed by atoms with van der Waals surface area (Å²) < 4.78 is 19.2. The fourth-order valence-corrected chi connectivity index (χ4v) is 11.3. The summed E-state index contributed by atoms with van der Waals surface area (Å²) in [7, 11) is 5.22. The van der Waals surface area contributed by atoms with Gasteiger partial charge in [-0.2, -0.15) is 0 Å². The number of methoxy groups -OCH3 is 1. The highest BCUT2D eigenvalue weighted by Gasteiger charge is 2.37. The molecule has 3 aromatic rings. The van der Waals surface area contributed by atoms with E-state index in [9.17, 15) is 15.0 Å². The van der Waals surface area contributed by atoms with Crippen LogP contribution in [0.3, 0.4) is 0 Å². The topological polar surface area (TPSA) is 148 Å². The second-order valence-electron chi connectivity index (χ2n) is 16.6. The smallest absolute Gasteiger partial charge is 0.189 e. The Morgan fingerprint density at radius 1 is 1.00 bits per heavy atom. The summed E-state index contributed by atoms with van der Waals surface area (Å²) in [5.41, 5.74) is 12.3. The van der Waals surface area contributed by atoms with Crippen LogP contribution in [-0.4, -0.2) is 78.1 Å². The van der Waals surface area contributed by atoms with Gasteiger partial charge in [0.25, 0.3) is 0 Å². The van der Waals surface area contributed by atoms with E-state index in [1.54, 1.807) is 12.1 Å². The van der Waals surface area contributed by atoms with E-state index >= 15 is 0 Å². The molecule has 6 N–H and O–H groups in total. The van der Waals surface area contributed by atoms with Crippen molar-refractivity contribution in [3.8, 4) is 46.7 Å². The lowest BCUT2D eigenvalue weighted by Crippen LogP contribution is -2.49. The average Bonchev–Trinajstić information content (AvgIpc) is 3.24. The van der Waals surface area contributed by atoms with E-state index in [2.05, 4.69) is 78.5 Å². The number of benzene rings is 3. The average molecular weight is 851 g/mol. The van der Waals surface area contributed by atoms with Crippen molar-refractivity contribution in [2.75, 3.05) is 32.0 Å². The number of carbonyl (C=O) groups excluding carboxylic acids is 1. The van der Waals surface area contributed by atoms with Crippen LogP contribution in [0.25, 0.3) is 0 Å². The maximum absolute atomic E-state index is 13.2. The van der Waals surface area contributed by atoms with Crippen LogP contribution >= 0.6 is 21.6 Å². The van der Waals surface area contributed by atoms with Gasteiger partial charge in [0.2, 0.25) is 0 Å². The van der Waals surface area contributed by atoms with E-state index in [0.717, 1.165) is 53.0 Å². The van der Waals surface area contributed by atoms with Crippen LogP contribution in [0.4, 0.5) is 0 Å². The minimum atomic E-state index is -0.801. The van der Waals surface area contributed by atoms with Gasteiger partial charge in [-0.15, -0.1) is 0 Å². The van der Waals surface area contributed by atoms with Gasteiger partial charge >= 0.3 is 0 Å². The number of hydrogen-bond acceptors (Lipinski definition) is 12. The van der Waals surface area contributed by atoms with Crippen molar-refractivity contribution in [1.82, 2.24) is 10.6 Å². The molecule has 4 heterocycles. The Balaban J connectivity index is 1.31. The van der Waals surface area contributed by atoms with Gasteiger partial charge in [0.05, 0.1) is 37.5 Å². The van der Waals surface area contributed by atoms with E-state index in [-0.39, 0.29) is 66.8 Å². The molecule has 5 aliphatic rings. The molecular formula is C48H58N4O6S2. The Morgan fingerprint density at radius 2 is 1.83 bits per heavy atom. The Morgan fingerprint density at radius 3 is 2.65 bits per heavy atom. The summed E-state index contributed by atoms with van der Waals surface area (Å²) in [6.07, 6.45) is 4.35. The van der Waals surface area contributed by atoms with Crippen LogP contribution in [0.1, 0.15) is 79.3 Å². The third-order valence-corrected chi connectivity index (χ3v) is 14.5. The summed E-state index contributed by atoms with van der Waals surface area (Å²) in [4.78, 5) is 18.1. The van der Waals surface area contributed by atoms with Crippen LogP contribution in [0.15, 0.2) is 53.5 Å². The Hall–Kier alpha value is -4.46. The number of fused-ring (bicyclic) bond motifs is 9. The van der Waals surface area contributed by atoms with E-state index < -0.39 is 6.10 Å². The molecule has 0 saturated carbocycles. The quantitative estimate of drug-likeness (QED) is 0.144. The number of aliphatic hydroxyl groups is 1. The molecule has 8 rings (SSSR count). The number of nitrogens with zero attached hydrogens (tertiary/aromatic N) is 1. The van der Waals surface area contributed by atoms with Crippen LogP contribution in [-0.2, 0) is 36.9 Å². The normalized spacial score (nSPS) is 24.9. The van der Waals surface area contributed by atoms with Gasteiger partial charge in [0.15, 0.2) is 29.0 Å². The largest absolute Gasteiger partial charge is 0.504 e. The molecule has 6 bridgehead atoms. The van der Waals surface area contributed by atoms with Gasteiger partial charge in [-0.1, -0.05) is 102 Å². The molecule has 3 aromatic carbocycles. The zero-order valence-electron chi connectivity index (χ0n) is 34.9. The number of hydrogen-bond donors (Lipinski definition) is 5. The Bertz CT molecular complexity index is 2140. The third-order valence-electron chi connectivity index (χ3n) is 12.0. The molecule has 0 fully saturated rings. The summed E-state index contributed by atoms with van der Waals surface area (Å²) in [6, 6.07) is 15.9. The lowest BCUT2D eigenvalue weighted by Gasteiger charge is -2.37. The van der Waals surface area contributed by atoms with Crippen molar-refractivity contribution in [1.29, 1.82) is 0 Å². The van der Waals surface area contributed by atoms with Crippen LogP contribution in [0.2, 0.25) is 0 Å². The number of aliphatic hydroxyl groups excluding tert-OH is 1. The van der Waals surface area contributed by atoms with Crippen LogP contribution in [0.5, 0.6) is 23.0 Å². The fraction of sp³-hybridized carbons (Fsp3) is 0.500. The van der Waals surface area contributed by atoms with Gasteiger partial charge in [0.1, 0.15) is 12.5 Å². The van der Waals surface area contributed by atoms with Crippen molar-refractivity contribution in [3.05, 3.63) is 81.9 Å². The predicted molar refractivity (Wildman–Crippen MR) is 242 cm³/mol. The molecule has 0 aromatic heterocycles. The molecule has 0 spiro atoms. The van der Waals surface area contributed by atoms with E-state index in [4.69, 9.17) is 24.9 Å². The molecule has 0 saturated heterocycles. The first kappa shape index (κ1) is 43.6. The maximum atomic E-state index is 13.2. The molecule has 6 unspecified atom stereocenters. The molecule has 4 aliphatic heterocycles. The van der Waals surface area contributed by atoms with Crippen molar-refractivity contribution in [2.45, 2.75) is 102 Å². The number of aromatic hydroxyl groups is 1. The van der Waals surface area contributed by atoms with Crippen molar-refractivity contribution in [2.24, 2.45) is 28.5 Å². The van der Waals surface area contributed by atoms with Gasteiger partial charge in [-0.25, -0.2) is 4.99 Å². The first-order valence-electron chi connectivity index (χ1n) is 21.3. The standard InChI is InChI=1S/C48H58N4O6S2/c1-30(2)43-28-60-59-27-41-35-24-40-33-17-21-38(54)25-37(53)20-16-32-18-22-44(55)46(56-3)39(32)13-7-11-34(23-33)45(47(40)57-26-35)58-29-50-36(19-15-31-9-5-4-6-10-31)12-8-14-42(41)51-48(49)52-43/h4-6,9-10,18,22-23,30,35-36,38,41-43,50,54-55H,11-12,15-17,19-21,24-29H2,1-3H3,(H3,49,51,52). The number of ether oxygens (including phenoxy) is 3. The highest BCUT2D eigenvalue weighted by atomic mass is 33.1. The van der Waals surface area contributed by atoms with Crippen molar-refractivity contribution >= 4 is 33.3 Å². The molecule has 12 heteroatoms. The Kier molecular flexibility index (Phi) is 15.2. The number of phenolic OH excluding ortho intramolecular Hbond substituents is 1. The van der Waals surface area contributed by atoms with Crippen molar-refractivity contribution < 1.29 is 29.2 Å². The number of rotatable bonds is 5. The second kappa shape index (κ2) is 20.9. The van der Waals surface area contributed by atoms with Gasteiger partial charge in [0, 0.05) is 66.2 Å². The Labute approximate surface area is 363 Å². The molecule has 1 aliphatic carbocycles. The number of aryl methyl sites for hydroxylation is 3. The number of ketones is 1. The number of nitrogens with one attached hydrogen (secondary N) is 2. The summed E-state index contributed by atoms with van der Waals surface area (Å²) in [6.45, 7) is 5.07. The first-order chi connectivity index (χ1) is 29.2. The highest BCUT2D eigenvalue weighted by molar-refractivity contribution is 8.76. The lowest BCUT2D eigenvalue weighted by molar-refractivity contribution is -0.121. The summed E-state index contributed by atoms with van der Waals surface area (Å²) >= 11 is 0. The number of Topliss-reactive ketones (excluding diaryl/α,β-unsaturated/α-hetero) is 1. The molecule has 0 amide bonds. The third kappa shape index (κ3) is 11.1. The minimum Gasteiger partial charge on any atom is -0.504 e. The van der Waals surface area contributed by atoms with E-state index in [1.807, 2.05) is 27.7 Å². The predicted octanol–water partition coefficient (Wildman–Crippen LogP) is 6.39. The molecule has 60 heavy (non-hydrogen) atoms. The molecule has 6 atom stereocenters. The fourth-order valence-electron chi connectivity index (χ4n) is 8.46. The SMILES string of the molecule is COc1c(O)ccc2c1C#CCc1cc(c3c4c1OCNC(CCc1ccccc1)CC#CC1NC(N)=NC(C(C)C)CSSCC1C(CO4)C3)CCC(O)CC(=O)CC2. The van der Waals surface area contributed by atoms with Crippen LogP contribution < -0.4 is 30.6 Å². The monoisotopic (exact) mass is 850 g/mol. The lowest BCUT2D eigenvalue weighted by atomic mass is 9.79. The summed E-state index contributed by atoms with van der Waals surface area (Å²) in [5, 5.41) is 29.2. The second-order valence-corrected chi connectivity index (χ2v) is 19.1. The number of phenols is 1. The van der Waals surface area contributed by atoms with Gasteiger partial charge < -0.3 is 35.5 Å². The summed E-state index contributed by atoms with van der Waals surface area (Å²) in [5.74, 6) is 18.1. The number of nitrogens with two attached hydrogens (primary N) is 1. The zero-order valence-corrected chi connectivity index (χ0v) is 36.6. The molecule has 318 valence electrons. The minimum absolute atomic E-state index is 0.0152. The zero-order chi connectivity index (χ0) is 42.0. The van der Waals surface area contributed by atoms with Crippen molar-refractivity contribution in [3.63, 3.8) is 0 Å². The number of guanidine groups is 1. The highest BCUT2D eigenvalue weighted by Crippen LogP contribution is 2.45. The maximum Gasteiger partial charge on any atom is 0.189 e. The van der Waals surface area contributed by atoms with E-state index in [1.165, 1.54) is 12.7 Å². The van der Waals surface area contributed by atoms with Gasteiger partial charge in [-0.05, 0) is 67.2 Å². The first-order valence-corrected chi connectivity index (χ1v) is 23.8. The number of aliphatic imine (C=N–C) groups is 1. The van der Waals surface area contributed by atoms with Gasteiger partial charge in [-0.3, -0.25) is 10.1 Å². The number of carbonyl (C=O) groups is 1.